The number of aromatic amines is 1. The number of hydrogen-bond acceptors (Lipinski definition) is 2. The van der Waals surface area contributed by atoms with E-state index in [1.807, 2.05) is 6.92 Å². The Labute approximate surface area is 107 Å². The third kappa shape index (κ3) is 4.61. The molecule has 1 heterocycles. The lowest BCUT2D eigenvalue weighted by Crippen LogP contribution is -2.30. The fourth-order valence-electron chi connectivity index (χ4n) is 1.42. The first kappa shape index (κ1) is 15.0. The summed E-state index contributed by atoms with van der Waals surface area (Å²) in [5, 5.41) is 0. The van der Waals surface area contributed by atoms with Crippen LogP contribution in [0, 0.1) is 0 Å². The molecule has 0 aromatic carbocycles. The number of aliphatic imine (C=N–C) groups is 1. The highest BCUT2D eigenvalue weighted by Gasteiger charge is 2.33. The van der Waals surface area contributed by atoms with Gasteiger partial charge in [0.2, 0.25) is 11.4 Å². The van der Waals surface area contributed by atoms with Gasteiger partial charge in [-0.2, -0.15) is 13.2 Å². The Hall–Kier alpha value is -2.05. The Morgan fingerprint density at radius 2 is 2.21 bits per heavy atom. The molecule has 3 N–H and O–H groups in total. The van der Waals surface area contributed by atoms with E-state index >= 15 is 0 Å². The lowest BCUT2D eigenvalue weighted by atomic mass is 10.0. The van der Waals surface area contributed by atoms with Crippen LogP contribution in [-0.2, 0) is 0 Å². The summed E-state index contributed by atoms with van der Waals surface area (Å²) in [4.78, 5) is 16.8. The van der Waals surface area contributed by atoms with Crippen molar-refractivity contribution in [2.24, 2.45) is 10.7 Å². The van der Waals surface area contributed by atoms with Gasteiger partial charge in [-0.25, -0.2) is 4.99 Å². The van der Waals surface area contributed by atoms with E-state index < -0.39 is 12.0 Å². The molecule has 0 saturated carbocycles. The molecule has 0 unspecified atom stereocenters. The number of nitrogens with two attached hydrogens (primary N) is 1. The molecular formula is C12H14F3N3O. The predicted molar refractivity (Wildman–Crippen MR) is 67.6 cm³/mol. The summed E-state index contributed by atoms with van der Waals surface area (Å²) in [6.45, 7) is 1.87. The van der Waals surface area contributed by atoms with E-state index in [0.717, 1.165) is 6.20 Å². The van der Waals surface area contributed by atoms with Gasteiger partial charge in [0.15, 0.2) is 0 Å². The Morgan fingerprint density at radius 1 is 1.53 bits per heavy atom. The van der Waals surface area contributed by atoms with Crippen molar-refractivity contribution >= 4 is 11.4 Å². The van der Waals surface area contributed by atoms with Crippen LogP contribution in [0.15, 0.2) is 34.3 Å². The molecule has 19 heavy (non-hydrogen) atoms. The Morgan fingerprint density at radius 3 is 2.74 bits per heavy atom. The monoisotopic (exact) mass is 273 g/mol. The van der Waals surface area contributed by atoms with Crippen LogP contribution >= 0.6 is 0 Å². The zero-order valence-electron chi connectivity index (χ0n) is 10.3. The average Bonchev–Trinajstić information content (AvgIpc) is 2.32. The largest absolute Gasteiger partial charge is 0.448 e. The fourth-order valence-corrected chi connectivity index (χ4v) is 1.42. The highest BCUT2D eigenvalue weighted by atomic mass is 19.4. The van der Waals surface area contributed by atoms with Gasteiger partial charge in [0.25, 0.3) is 0 Å². The first-order valence-corrected chi connectivity index (χ1v) is 5.63. The van der Waals surface area contributed by atoms with Gasteiger partial charge in [0.05, 0.1) is 0 Å². The van der Waals surface area contributed by atoms with Crippen LogP contribution in [-0.4, -0.2) is 17.0 Å². The number of halogens is 3. The molecule has 0 atom stereocenters. The number of nitrogens with zero attached hydrogens (tertiary/aromatic N) is 1. The van der Waals surface area contributed by atoms with E-state index in [-0.39, 0.29) is 5.56 Å². The molecule has 0 aliphatic heterocycles. The van der Waals surface area contributed by atoms with Crippen LogP contribution in [0.2, 0.25) is 0 Å². The van der Waals surface area contributed by atoms with Crippen molar-refractivity contribution in [1.82, 2.24) is 4.98 Å². The number of alkyl halides is 3. The minimum absolute atomic E-state index is 0.327. The van der Waals surface area contributed by atoms with Crippen LogP contribution in [0.1, 0.15) is 25.3 Å². The van der Waals surface area contributed by atoms with E-state index in [9.17, 15) is 18.0 Å². The summed E-state index contributed by atoms with van der Waals surface area (Å²) in [5.74, 6) is -1.41. The first-order chi connectivity index (χ1) is 8.84. The van der Waals surface area contributed by atoms with Crippen molar-refractivity contribution in [3.63, 3.8) is 0 Å². The maximum absolute atomic E-state index is 12.2. The van der Waals surface area contributed by atoms with Crippen molar-refractivity contribution in [3.05, 3.63) is 40.4 Å². The predicted octanol–water partition coefficient (Wildman–Crippen LogP) is 2.44. The Bertz CT molecular complexity index is 544. The summed E-state index contributed by atoms with van der Waals surface area (Å²) in [6.07, 6.45) is -0.959. The van der Waals surface area contributed by atoms with E-state index in [2.05, 4.69) is 9.98 Å². The molecule has 104 valence electrons. The van der Waals surface area contributed by atoms with Crippen LogP contribution < -0.4 is 11.3 Å². The maximum atomic E-state index is 12.2. The van der Waals surface area contributed by atoms with Crippen molar-refractivity contribution in [2.45, 2.75) is 25.9 Å². The van der Waals surface area contributed by atoms with Crippen molar-refractivity contribution in [3.8, 4) is 0 Å². The molecule has 4 nitrogen and oxygen atoms in total. The number of nitrogens with one attached hydrogen (secondary N) is 1. The molecule has 0 aliphatic carbocycles. The molecule has 1 aromatic rings. The number of H-pyrrole nitrogens is 1. The molecule has 7 heteroatoms. The van der Waals surface area contributed by atoms with E-state index in [1.165, 1.54) is 12.3 Å². The van der Waals surface area contributed by atoms with Gasteiger partial charge in [-0.3, -0.25) is 4.79 Å². The molecule has 0 bridgehead atoms. The third-order valence-electron chi connectivity index (χ3n) is 2.32. The van der Waals surface area contributed by atoms with E-state index in [1.54, 1.807) is 6.07 Å². The van der Waals surface area contributed by atoms with Gasteiger partial charge in [0, 0.05) is 18.5 Å². The van der Waals surface area contributed by atoms with Crippen molar-refractivity contribution in [1.29, 1.82) is 0 Å². The Kier molecular flexibility index (Phi) is 4.91. The number of hydrogen-bond donors (Lipinski definition) is 2. The van der Waals surface area contributed by atoms with Gasteiger partial charge < -0.3 is 10.7 Å². The molecular weight excluding hydrogens is 259 g/mol. The van der Waals surface area contributed by atoms with E-state index in [0.29, 0.717) is 24.0 Å². The zero-order chi connectivity index (χ0) is 14.5. The molecule has 0 fully saturated rings. The van der Waals surface area contributed by atoms with Crippen LogP contribution in [0.4, 0.5) is 13.2 Å². The lowest BCUT2D eigenvalue weighted by molar-refractivity contribution is -0.0598. The Balaban J connectivity index is 3.11. The van der Waals surface area contributed by atoms with Crippen LogP contribution in [0.3, 0.4) is 0 Å². The number of allylic oxidation sites excluding steroid dienone is 1. The molecule has 0 aliphatic rings. The van der Waals surface area contributed by atoms with Crippen molar-refractivity contribution < 1.29 is 13.2 Å². The SMILES string of the molecule is CCC/C(=C\N=C(N)C(F)(F)F)c1cc[nH]c(=O)c1. The number of pyridine rings is 1. The van der Waals surface area contributed by atoms with Crippen molar-refractivity contribution in [2.75, 3.05) is 0 Å². The van der Waals surface area contributed by atoms with Crippen LogP contribution in [0.5, 0.6) is 0 Å². The standard InChI is InChI=1S/C12H14F3N3O/c1-2-3-9(7-18-11(16)12(13,14)15)8-4-5-17-10(19)6-8/h4-7H,2-3H2,1H3,(H2,16,18)(H,17,19)/b9-7+. The molecule has 1 rings (SSSR count). The molecule has 0 saturated heterocycles. The number of rotatable bonds is 4. The van der Waals surface area contributed by atoms with Gasteiger partial charge in [0.1, 0.15) is 0 Å². The topological polar surface area (TPSA) is 71.2 Å². The highest BCUT2D eigenvalue weighted by Crippen LogP contribution is 2.20. The normalized spacial score (nSPS) is 13.7. The minimum atomic E-state index is -4.65. The summed E-state index contributed by atoms with van der Waals surface area (Å²) in [7, 11) is 0. The summed E-state index contributed by atoms with van der Waals surface area (Å²) < 4.78 is 36.6. The second-order valence-electron chi connectivity index (χ2n) is 3.86. The highest BCUT2D eigenvalue weighted by molar-refractivity contribution is 5.87. The molecule has 0 spiro atoms. The quantitative estimate of drug-likeness (QED) is 0.653. The second kappa shape index (κ2) is 6.21. The average molecular weight is 273 g/mol. The van der Waals surface area contributed by atoms with Crippen LogP contribution in [0.25, 0.3) is 5.57 Å². The first-order valence-electron chi connectivity index (χ1n) is 5.63. The number of amidine groups is 1. The fraction of sp³-hybridized carbons (Fsp3) is 0.333. The molecule has 0 amide bonds. The summed E-state index contributed by atoms with van der Waals surface area (Å²) in [5.41, 5.74) is 5.55. The van der Waals surface area contributed by atoms with E-state index in [4.69, 9.17) is 5.73 Å². The smallest absolute Gasteiger partial charge is 0.380 e. The second-order valence-corrected chi connectivity index (χ2v) is 3.86. The minimum Gasteiger partial charge on any atom is -0.380 e. The zero-order valence-corrected chi connectivity index (χ0v) is 10.3. The summed E-state index contributed by atoms with van der Waals surface area (Å²) >= 11 is 0. The van der Waals surface area contributed by atoms with Gasteiger partial charge in [-0.05, 0) is 23.6 Å². The molecule has 0 radical (unpaired) electrons. The van der Waals surface area contributed by atoms with Gasteiger partial charge >= 0.3 is 6.18 Å². The number of aromatic nitrogens is 1. The lowest BCUT2D eigenvalue weighted by Gasteiger charge is -2.06. The molecule has 1 aromatic heterocycles. The summed E-state index contributed by atoms with van der Waals surface area (Å²) in [6, 6.07) is 2.91. The third-order valence-corrected chi connectivity index (χ3v) is 2.32. The van der Waals surface area contributed by atoms with Gasteiger partial charge in [-0.1, -0.05) is 13.3 Å². The maximum Gasteiger partial charge on any atom is 0.448 e. The van der Waals surface area contributed by atoms with Gasteiger partial charge in [-0.15, -0.1) is 0 Å².